The van der Waals surface area contributed by atoms with Crippen molar-refractivity contribution in [3.8, 4) is 0 Å². The molecule has 1 aromatic rings. The molecule has 0 atom stereocenters. The molecule has 2 N–H and O–H groups in total. The van der Waals surface area contributed by atoms with E-state index in [4.69, 9.17) is 4.74 Å². The van der Waals surface area contributed by atoms with Crippen LogP contribution in [0.5, 0.6) is 0 Å². The van der Waals surface area contributed by atoms with Crippen molar-refractivity contribution in [3.05, 3.63) is 0 Å². The highest BCUT2D eigenvalue weighted by Gasteiger charge is 2.38. The number of anilines is 2. The van der Waals surface area contributed by atoms with Gasteiger partial charge >= 0.3 is 5.97 Å². The Balaban J connectivity index is 1.79. The van der Waals surface area contributed by atoms with Crippen molar-refractivity contribution >= 4 is 30.0 Å². The third kappa shape index (κ3) is 6.35. The number of ether oxygens (including phenoxy) is 1. The number of piperidine rings is 1. The van der Waals surface area contributed by atoms with Crippen LogP contribution in [0.4, 0.5) is 17.8 Å². The molecule has 9 heteroatoms. The van der Waals surface area contributed by atoms with Gasteiger partial charge in [0.1, 0.15) is 0 Å². The highest BCUT2D eigenvalue weighted by Crippen LogP contribution is 2.30. The van der Waals surface area contributed by atoms with Gasteiger partial charge in [-0.2, -0.15) is 15.0 Å². The molecule has 0 aromatic carbocycles. The van der Waals surface area contributed by atoms with Gasteiger partial charge in [-0.15, -0.1) is 0 Å². The van der Waals surface area contributed by atoms with Gasteiger partial charge in [0.25, 0.3) is 5.95 Å². The monoisotopic (exact) mass is 417 g/mol. The summed E-state index contributed by atoms with van der Waals surface area (Å²) in [6, 6.07) is 0.237. The Morgan fingerprint density at radius 3 is 2.50 bits per heavy atom. The highest BCUT2D eigenvalue weighted by molar-refractivity contribution is 5.86. The van der Waals surface area contributed by atoms with Gasteiger partial charge in [0, 0.05) is 36.4 Å². The van der Waals surface area contributed by atoms with Crippen LogP contribution in [0.25, 0.3) is 0 Å². The molecule has 166 valence electrons. The van der Waals surface area contributed by atoms with Gasteiger partial charge in [0.05, 0.1) is 13.0 Å². The second-order valence-corrected chi connectivity index (χ2v) is 9.42. The number of esters is 1. The largest absolute Gasteiger partial charge is 0.466 e. The van der Waals surface area contributed by atoms with Crippen molar-refractivity contribution in [1.29, 1.82) is 0 Å². The molecule has 9 nitrogen and oxygen atoms in total. The van der Waals surface area contributed by atoms with Gasteiger partial charge in [0.15, 0.2) is 0 Å². The number of aromatic nitrogens is 3. The summed E-state index contributed by atoms with van der Waals surface area (Å²) in [7, 11) is 0. The summed E-state index contributed by atoms with van der Waals surface area (Å²) in [5.41, 5.74) is 0.0374. The Labute approximate surface area is 179 Å². The lowest BCUT2D eigenvalue weighted by Gasteiger charge is -2.46. The Morgan fingerprint density at radius 1 is 1.20 bits per heavy atom. The molecule has 3 rings (SSSR count). The first-order valence-corrected chi connectivity index (χ1v) is 10.9. The molecule has 0 amide bonds. The van der Waals surface area contributed by atoms with E-state index in [1.807, 2.05) is 0 Å². The smallest absolute Gasteiger partial charge is 0.311 e. The maximum absolute atomic E-state index is 11.6. The fourth-order valence-electron chi connectivity index (χ4n) is 4.56. The van der Waals surface area contributed by atoms with Crippen LogP contribution >= 0.6 is 0 Å². The van der Waals surface area contributed by atoms with Crippen LogP contribution in [0, 0.1) is 0 Å². The van der Waals surface area contributed by atoms with E-state index in [-0.39, 0.29) is 29.5 Å². The molecule has 30 heavy (non-hydrogen) atoms. The molecule has 2 aliphatic rings. The molecule has 2 saturated heterocycles. The van der Waals surface area contributed by atoms with Gasteiger partial charge in [-0.05, 0) is 60.3 Å². The number of carbonyl (C=O) groups is 1. The second kappa shape index (κ2) is 9.24. The van der Waals surface area contributed by atoms with Crippen LogP contribution < -0.4 is 15.5 Å². The number of carbonyl (C=O) groups excluding carboxylic acids is 1. The van der Waals surface area contributed by atoms with E-state index in [1.165, 1.54) is 6.21 Å². The number of nitrogens with zero attached hydrogens (tertiary/aromatic N) is 5. The Morgan fingerprint density at radius 2 is 1.87 bits per heavy atom. The molecule has 0 unspecified atom stereocenters. The van der Waals surface area contributed by atoms with Crippen molar-refractivity contribution in [2.75, 3.05) is 29.9 Å². The fraction of sp³-hybridized carbons (Fsp3) is 0.762. The summed E-state index contributed by atoms with van der Waals surface area (Å²) in [5.74, 6) is 1.17. The summed E-state index contributed by atoms with van der Waals surface area (Å²) in [5, 5.41) is 7.22. The van der Waals surface area contributed by atoms with E-state index in [1.54, 1.807) is 6.92 Å². The zero-order valence-electron chi connectivity index (χ0n) is 18.9. The van der Waals surface area contributed by atoms with E-state index in [2.05, 4.69) is 63.2 Å². The normalized spacial score (nSPS) is 21.2. The zero-order chi connectivity index (χ0) is 21.8. The lowest BCUT2D eigenvalue weighted by atomic mass is 9.80. The predicted molar refractivity (Wildman–Crippen MR) is 119 cm³/mol. The van der Waals surface area contributed by atoms with E-state index in [0.717, 1.165) is 38.8 Å². The number of aliphatic imine (C=N–C) groups is 1. The third-order valence-electron chi connectivity index (χ3n) is 5.29. The van der Waals surface area contributed by atoms with Crippen molar-refractivity contribution in [2.45, 2.75) is 83.8 Å². The first kappa shape index (κ1) is 22.4. The standard InChI is InChI=1S/C21H35N7O2/c1-6-30-16(29)9-10-22-17-24-18(26-19(25-17)28-11-7-8-12-28)23-15-13-20(2,3)27-21(4,5)14-15/h10,15,27H,6-9,11-14H2,1-5H3,(H,23,24,25,26). The number of hydrogen-bond donors (Lipinski definition) is 2. The van der Waals surface area contributed by atoms with Crippen LogP contribution in [-0.4, -0.2) is 64.0 Å². The Bertz CT molecular complexity index is 757. The van der Waals surface area contributed by atoms with Crippen molar-refractivity contribution in [3.63, 3.8) is 0 Å². The number of hydrogen-bond acceptors (Lipinski definition) is 9. The molecule has 1 aromatic heterocycles. The predicted octanol–water partition coefficient (Wildman–Crippen LogP) is 2.85. The molecule has 3 heterocycles. The molecule has 2 aliphatic heterocycles. The van der Waals surface area contributed by atoms with Crippen LogP contribution in [-0.2, 0) is 9.53 Å². The van der Waals surface area contributed by atoms with E-state index < -0.39 is 0 Å². The summed E-state index contributed by atoms with van der Waals surface area (Å²) in [4.78, 5) is 31.7. The third-order valence-corrected chi connectivity index (χ3v) is 5.29. The SMILES string of the molecule is CCOC(=O)CC=Nc1nc(NC2CC(C)(C)NC(C)(C)C2)nc(N2CCCC2)n1. The Hall–Kier alpha value is -2.29. The van der Waals surface area contributed by atoms with E-state index in [0.29, 0.717) is 24.5 Å². The quantitative estimate of drug-likeness (QED) is 0.515. The zero-order valence-corrected chi connectivity index (χ0v) is 18.9. The van der Waals surface area contributed by atoms with E-state index in [9.17, 15) is 4.79 Å². The van der Waals surface area contributed by atoms with E-state index >= 15 is 0 Å². The van der Waals surface area contributed by atoms with Gasteiger partial charge in [0.2, 0.25) is 11.9 Å². The highest BCUT2D eigenvalue weighted by atomic mass is 16.5. The minimum Gasteiger partial charge on any atom is -0.466 e. The average Bonchev–Trinajstić information content (AvgIpc) is 3.13. The lowest BCUT2D eigenvalue weighted by Crippen LogP contribution is -2.60. The van der Waals surface area contributed by atoms with Crippen molar-refractivity contribution in [2.24, 2.45) is 4.99 Å². The van der Waals surface area contributed by atoms with Gasteiger partial charge in [-0.25, -0.2) is 4.99 Å². The fourth-order valence-corrected chi connectivity index (χ4v) is 4.56. The summed E-state index contributed by atoms with van der Waals surface area (Å²) in [6.07, 6.45) is 5.78. The van der Waals surface area contributed by atoms with Gasteiger partial charge in [-0.1, -0.05) is 0 Å². The van der Waals surface area contributed by atoms with Crippen molar-refractivity contribution in [1.82, 2.24) is 20.3 Å². The summed E-state index contributed by atoms with van der Waals surface area (Å²) >= 11 is 0. The molecule has 2 fully saturated rings. The first-order chi connectivity index (χ1) is 14.2. The molecule has 0 spiro atoms. The summed E-state index contributed by atoms with van der Waals surface area (Å²) < 4.78 is 4.94. The Kier molecular flexibility index (Phi) is 6.90. The lowest BCUT2D eigenvalue weighted by molar-refractivity contribution is -0.141. The topological polar surface area (TPSA) is 105 Å². The maximum Gasteiger partial charge on any atom is 0.311 e. The average molecular weight is 418 g/mol. The van der Waals surface area contributed by atoms with Gasteiger partial charge < -0.3 is 20.3 Å². The minimum atomic E-state index is -0.312. The van der Waals surface area contributed by atoms with Crippen LogP contribution in [0.2, 0.25) is 0 Å². The molecule has 0 aliphatic carbocycles. The second-order valence-electron chi connectivity index (χ2n) is 9.42. The van der Waals surface area contributed by atoms with Crippen LogP contribution in [0.1, 0.15) is 66.7 Å². The van der Waals surface area contributed by atoms with Crippen LogP contribution in [0.3, 0.4) is 0 Å². The summed E-state index contributed by atoms with van der Waals surface area (Å²) in [6.45, 7) is 12.9. The number of nitrogens with one attached hydrogen (secondary N) is 2. The minimum absolute atomic E-state index is 0.0187. The molecular weight excluding hydrogens is 382 g/mol. The molecule has 0 saturated carbocycles. The van der Waals surface area contributed by atoms with Crippen LogP contribution in [0.15, 0.2) is 4.99 Å². The molecule has 0 bridgehead atoms. The van der Waals surface area contributed by atoms with Crippen molar-refractivity contribution < 1.29 is 9.53 Å². The molecule has 0 radical (unpaired) electrons. The maximum atomic E-state index is 11.6. The first-order valence-electron chi connectivity index (χ1n) is 10.9. The number of rotatable bonds is 7. The van der Waals surface area contributed by atoms with Gasteiger partial charge in [-0.3, -0.25) is 4.79 Å². The molecular formula is C21H35N7O2.